The number of alkyl halides is 3. The number of hydrogen-bond donors (Lipinski definition) is 0. The van der Waals surface area contributed by atoms with Crippen LogP contribution < -0.4 is 11.2 Å². The van der Waals surface area contributed by atoms with Crippen molar-refractivity contribution in [3.8, 4) is 5.69 Å². The van der Waals surface area contributed by atoms with E-state index in [1.165, 1.54) is 54.0 Å². The Balaban J connectivity index is 1.78. The Bertz CT molecular complexity index is 1730. The van der Waals surface area contributed by atoms with E-state index in [1.807, 2.05) is 0 Å². The Morgan fingerprint density at radius 3 is 2.45 bits per heavy atom. The summed E-state index contributed by atoms with van der Waals surface area (Å²) in [7, 11) is 0. The van der Waals surface area contributed by atoms with Crippen molar-refractivity contribution in [1.29, 1.82) is 0 Å². The summed E-state index contributed by atoms with van der Waals surface area (Å²) in [4.78, 5) is 54.3. The van der Waals surface area contributed by atoms with Crippen LogP contribution in [0, 0.1) is 0 Å². The highest BCUT2D eigenvalue weighted by atomic mass is 32.1. The molecule has 0 N–H and O–H groups in total. The minimum Gasteiger partial charge on any atom is -0.337 e. The van der Waals surface area contributed by atoms with Crippen molar-refractivity contribution < 1.29 is 22.8 Å². The molecule has 0 bridgehead atoms. The number of fused-ring (bicyclic) bond motifs is 3. The Morgan fingerprint density at radius 2 is 1.76 bits per heavy atom. The summed E-state index contributed by atoms with van der Waals surface area (Å²) in [5.41, 5.74) is -0.688. The zero-order valence-electron chi connectivity index (χ0n) is 20.5. The zero-order valence-corrected chi connectivity index (χ0v) is 21.3. The van der Waals surface area contributed by atoms with Crippen LogP contribution in [0.3, 0.4) is 0 Å². The number of benzene rings is 2. The number of hydrogen-bond acceptors (Lipinski definition) is 5. The number of Topliss-reactive ketones (excluding diaryl/α,β-unsaturated/α-hetero) is 1. The van der Waals surface area contributed by atoms with Crippen molar-refractivity contribution in [2.45, 2.75) is 39.5 Å². The van der Waals surface area contributed by atoms with Gasteiger partial charge >= 0.3 is 11.9 Å². The maximum Gasteiger partial charge on any atom is 0.416 e. The molecule has 1 aliphatic rings. The molecule has 0 saturated heterocycles. The van der Waals surface area contributed by atoms with Crippen LogP contribution in [0.15, 0.2) is 58.1 Å². The first-order valence-electron chi connectivity index (χ1n) is 11.8. The SMILES string of the molecule is CC(=O)c1cccc(-n2c(=O)c3c4c(sc3n(Cc3cccc(C(F)(F)F)c3)c2=O)CN(C(C)=O)CC4)c1. The van der Waals surface area contributed by atoms with Crippen molar-refractivity contribution in [3.63, 3.8) is 0 Å². The minimum absolute atomic E-state index is 0.118. The highest BCUT2D eigenvalue weighted by Crippen LogP contribution is 2.34. The van der Waals surface area contributed by atoms with Gasteiger partial charge in [0, 0.05) is 23.9 Å². The molecule has 0 spiro atoms. The van der Waals surface area contributed by atoms with E-state index >= 15 is 0 Å². The maximum absolute atomic E-state index is 13.8. The summed E-state index contributed by atoms with van der Waals surface area (Å²) < 4.78 is 42.4. The summed E-state index contributed by atoms with van der Waals surface area (Å²) in [6, 6.07) is 10.8. The summed E-state index contributed by atoms with van der Waals surface area (Å²) in [6.45, 7) is 3.30. The molecule has 0 fully saturated rings. The standard InChI is InChI=1S/C27H22F3N3O4S/c1-15(34)18-6-4-8-20(12-18)33-24(36)23-21-9-10-31(16(2)35)14-22(21)38-25(23)32(26(33)37)13-17-5-3-7-19(11-17)27(28,29)30/h3-8,11-12H,9-10,13-14H2,1-2H3. The van der Waals surface area contributed by atoms with Gasteiger partial charge in [0.25, 0.3) is 5.56 Å². The number of amides is 1. The third-order valence-corrected chi connectivity index (χ3v) is 7.91. The van der Waals surface area contributed by atoms with Gasteiger partial charge in [-0.2, -0.15) is 13.2 Å². The molecule has 38 heavy (non-hydrogen) atoms. The van der Waals surface area contributed by atoms with E-state index in [0.717, 1.165) is 27.1 Å². The summed E-state index contributed by atoms with van der Waals surface area (Å²) in [5.74, 6) is -0.365. The van der Waals surface area contributed by atoms with E-state index in [-0.39, 0.29) is 36.0 Å². The minimum atomic E-state index is -4.56. The fraction of sp³-hybridized carbons (Fsp3) is 0.259. The molecule has 1 amide bonds. The normalized spacial score (nSPS) is 13.6. The quantitative estimate of drug-likeness (QED) is 0.359. The van der Waals surface area contributed by atoms with Crippen LogP contribution >= 0.6 is 11.3 Å². The van der Waals surface area contributed by atoms with Crippen LogP contribution in [0.25, 0.3) is 15.9 Å². The fourth-order valence-corrected chi connectivity index (χ4v) is 6.08. The first-order chi connectivity index (χ1) is 18.0. The average molecular weight is 542 g/mol. The molecule has 3 heterocycles. The van der Waals surface area contributed by atoms with Gasteiger partial charge in [-0.3, -0.25) is 19.0 Å². The smallest absolute Gasteiger partial charge is 0.337 e. The van der Waals surface area contributed by atoms with Crippen molar-refractivity contribution in [3.05, 3.63) is 96.5 Å². The lowest BCUT2D eigenvalue weighted by molar-refractivity contribution is -0.137. The van der Waals surface area contributed by atoms with Gasteiger partial charge in [0.05, 0.1) is 29.7 Å². The molecule has 0 saturated carbocycles. The highest BCUT2D eigenvalue weighted by Gasteiger charge is 2.31. The number of carbonyl (C=O) groups is 2. The molecular formula is C27H22F3N3O4S. The topological polar surface area (TPSA) is 81.4 Å². The molecule has 2 aromatic heterocycles. The highest BCUT2D eigenvalue weighted by molar-refractivity contribution is 7.18. The molecule has 0 unspecified atom stereocenters. The fourth-order valence-electron chi connectivity index (χ4n) is 4.73. The number of thiophene rings is 1. The molecule has 7 nitrogen and oxygen atoms in total. The third kappa shape index (κ3) is 4.47. The number of halogens is 3. The number of rotatable bonds is 4. The molecule has 0 atom stereocenters. The zero-order chi connectivity index (χ0) is 27.4. The van der Waals surface area contributed by atoms with Crippen LogP contribution in [-0.2, 0) is 30.5 Å². The van der Waals surface area contributed by atoms with Crippen molar-refractivity contribution in [2.24, 2.45) is 0 Å². The van der Waals surface area contributed by atoms with Gasteiger partial charge in [0.2, 0.25) is 5.91 Å². The predicted octanol–water partition coefficient (Wildman–Crippen LogP) is 4.39. The Kier molecular flexibility index (Phi) is 6.34. The third-order valence-electron chi connectivity index (χ3n) is 6.67. The largest absolute Gasteiger partial charge is 0.416 e. The predicted molar refractivity (Wildman–Crippen MR) is 137 cm³/mol. The van der Waals surface area contributed by atoms with Gasteiger partial charge in [0.15, 0.2) is 5.78 Å². The maximum atomic E-state index is 13.8. The second-order valence-electron chi connectivity index (χ2n) is 9.19. The lowest BCUT2D eigenvalue weighted by Gasteiger charge is -2.25. The summed E-state index contributed by atoms with van der Waals surface area (Å²) in [5, 5.41) is 0.299. The number of carbonyl (C=O) groups excluding carboxylic acids is 2. The van der Waals surface area contributed by atoms with Gasteiger partial charge in [-0.1, -0.05) is 24.3 Å². The number of aromatic nitrogens is 2. The van der Waals surface area contributed by atoms with Crippen LogP contribution in [-0.4, -0.2) is 32.3 Å². The van der Waals surface area contributed by atoms with E-state index in [0.29, 0.717) is 28.7 Å². The van der Waals surface area contributed by atoms with Crippen LogP contribution in [0.4, 0.5) is 13.2 Å². The Morgan fingerprint density at radius 1 is 1.03 bits per heavy atom. The van der Waals surface area contributed by atoms with Gasteiger partial charge < -0.3 is 4.90 Å². The molecule has 196 valence electrons. The van der Waals surface area contributed by atoms with E-state index in [2.05, 4.69) is 0 Å². The first kappa shape index (κ1) is 25.7. The molecule has 4 aromatic rings. The second kappa shape index (κ2) is 9.39. The van der Waals surface area contributed by atoms with Gasteiger partial charge in [-0.25, -0.2) is 9.36 Å². The van der Waals surface area contributed by atoms with E-state index in [1.54, 1.807) is 17.0 Å². The average Bonchev–Trinajstić information content (AvgIpc) is 3.25. The molecule has 0 aliphatic carbocycles. The molecule has 2 aromatic carbocycles. The van der Waals surface area contributed by atoms with Crippen LogP contribution in [0.2, 0.25) is 0 Å². The van der Waals surface area contributed by atoms with Gasteiger partial charge in [-0.05, 0) is 48.7 Å². The molecule has 11 heteroatoms. The van der Waals surface area contributed by atoms with Crippen LogP contribution in [0.1, 0.15) is 45.8 Å². The number of ketones is 1. The van der Waals surface area contributed by atoms with E-state index in [9.17, 15) is 32.3 Å². The van der Waals surface area contributed by atoms with Crippen molar-refractivity contribution in [2.75, 3.05) is 6.54 Å². The van der Waals surface area contributed by atoms with Gasteiger partial charge in [-0.15, -0.1) is 11.3 Å². The molecule has 5 rings (SSSR count). The summed E-state index contributed by atoms with van der Waals surface area (Å²) in [6.07, 6.45) is -4.15. The number of nitrogens with zero attached hydrogens (tertiary/aromatic N) is 3. The first-order valence-corrected chi connectivity index (χ1v) is 12.6. The van der Waals surface area contributed by atoms with Crippen molar-refractivity contribution in [1.82, 2.24) is 14.0 Å². The lowest BCUT2D eigenvalue weighted by atomic mass is 10.0. The Hall–Kier alpha value is -3.99. The molecule has 1 aliphatic heterocycles. The lowest BCUT2D eigenvalue weighted by Crippen LogP contribution is -2.39. The van der Waals surface area contributed by atoms with Crippen molar-refractivity contribution >= 4 is 33.2 Å². The molecule has 0 radical (unpaired) electrons. The van der Waals surface area contributed by atoms with Crippen LogP contribution in [0.5, 0.6) is 0 Å². The van der Waals surface area contributed by atoms with E-state index in [4.69, 9.17) is 0 Å². The molecular weight excluding hydrogens is 519 g/mol. The monoisotopic (exact) mass is 541 g/mol. The summed E-state index contributed by atoms with van der Waals surface area (Å²) >= 11 is 1.20. The second-order valence-corrected chi connectivity index (χ2v) is 10.3. The Labute approximate surface area is 218 Å². The van der Waals surface area contributed by atoms with E-state index < -0.39 is 23.0 Å². The van der Waals surface area contributed by atoms with Gasteiger partial charge in [0.1, 0.15) is 4.83 Å².